The molecule has 71 heavy (non-hydrogen) atoms. The summed E-state index contributed by atoms with van der Waals surface area (Å²) < 4.78 is 16.3. The Morgan fingerprint density at radius 1 is 0.986 bits per heavy atom. The van der Waals surface area contributed by atoms with Gasteiger partial charge in [-0.25, -0.2) is 9.78 Å². The highest BCUT2D eigenvalue weighted by Gasteiger charge is 2.60. The predicted molar refractivity (Wildman–Crippen MR) is 263 cm³/mol. The van der Waals surface area contributed by atoms with Crippen molar-refractivity contribution in [3.63, 3.8) is 0 Å². The Bertz CT molecular complexity index is 3060. The lowest BCUT2D eigenvalue weighted by Crippen LogP contribution is -2.62. The van der Waals surface area contributed by atoms with Crippen molar-refractivity contribution in [2.45, 2.75) is 107 Å². The maximum Gasteiger partial charge on any atom is 0.226 e. The summed E-state index contributed by atoms with van der Waals surface area (Å²) in [5, 5.41) is 85.5. The highest BCUT2D eigenvalue weighted by molar-refractivity contribution is 5.93. The van der Waals surface area contributed by atoms with Gasteiger partial charge in [0, 0.05) is 72.3 Å². The summed E-state index contributed by atoms with van der Waals surface area (Å²) in [4.78, 5) is 44.1. The lowest BCUT2D eigenvalue weighted by molar-refractivity contribution is -0.376. The van der Waals surface area contributed by atoms with E-state index in [1.54, 1.807) is 13.0 Å². The molecule has 1 amide bonds. The minimum Gasteiger partial charge on any atom is -0.508 e. The van der Waals surface area contributed by atoms with Crippen LogP contribution in [0.1, 0.15) is 68.0 Å². The molecule has 1 saturated heterocycles. The van der Waals surface area contributed by atoms with E-state index in [0.717, 1.165) is 48.7 Å². The van der Waals surface area contributed by atoms with Crippen LogP contribution < -0.4 is 20.8 Å². The lowest BCUT2D eigenvalue weighted by Gasteiger charge is -2.52. The summed E-state index contributed by atoms with van der Waals surface area (Å²) in [5.41, 5.74) is -0.814. The first-order valence-corrected chi connectivity index (χ1v) is 24.8. The minimum absolute atomic E-state index is 0.0708. The number of ether oxygens (including phenoxy) is 1. The van der Waals surface area contributed by atoms with E-state index < -0.39 is 66.6 Å². The maximum absolute atomic E-state index is 14.0. The number of phenols is 2. The molecule has 9 unspecified atom stereocenters. The van der Waals surface area contributed by atoms with E-state index in [-0.39, 0.29) is 41.1 Å². The summed E-state index contributed by atoms with van der Waals surface area (Å²) >= 11 is 0. The van der Waals surface area contributed by atoms with Crippen LogP contribution in [0.3, 0.4) is 0 Å². The van der Waals surface area contributed by atoms with E-state index in [1.807, 2.05) is 30.1 Å². The third-order valence-electron chi connectivity index (χ3n) is 16.2. The zero-order chi connectivity index (χ0) is 50.0. The van der Waals surface area contributed by atoms with Crippen LogP contribution in [0.25, 0.3) is 38.3 Å². The van der Waals surface area contributed by atoms with Gasteiger partial charge in [0.15, 0.2) is 16.8 Å². The third kappa shape index (κ3) is 8.29. The fraction of sp³-hybridized carbons (Fsp3) is 0.481. The normalized spacial score (nSPS) is 25.1. The van der Waals surface area contributed by atoms with Gasteiger partial charge in [-0.15, -0.1) is 0 Å². The molecule has 10 N–H and O–H groups in total. The molecule has 2 aliphatic carbocycles. The number of H-pyrrole nitrogens is 1. The number of amides is 1. The Morgan fingerprint density at radius 3 is 2.55 bits per heavy atom. The molecule has 3 aromatic heterocycles. The largest absolute Gasteiger partial charge is 0.508 e. The molecule has 2 fully saturated rings. The van der Waals surface area contributed by atoms with Crippen molar-refractivity contribution < 1.29 is 59.5 Å². The Hall–Kier alpha value is -5.76. The van der Waals surface area contributed by atoms with Crippen molar-refractivity contribution in [2.75, 3.05) is 33.4 Å². The number of aryl methyl sites for hydroxylation is 2. The highest BCUT2D eigenvalue weighted by Crippen LogP contribution is 2.55. The molecule has 10 rings (SSSR count). The van der Waals surface area contributed by atoms with E-state index in [9.17, 15) is 45.3 Å². The molecule has 2 aliphatic heterocycles. The number of nitrogens with zero attached hydrogens (tertiary/aromatic N) is 1. The van der Waals surface area contributed by atoms with Gasteiger partial charge in [-0.3, -0.25) is 9.59 Å². The van der Waals surface area contributed by atoms with Crippen molar-refractivity contribution in [2.24, 2.45) is 23.2 Å². The van der Waals surface area contributed by atoms with Crippen molar-refractivity contribution in [1.82, 2.24) is 20.2 Å². The van der Waals surface area contributed by atoms with Gasteiger partial charge in [0.25, 0.3) is 0 Å². The molecule has 0 radical (unpaired) electrons. The number of hydrogen-bond acceptors (Lipinski definition) is 14. The molecule has 9 atom stereocenters. The summed E-state index contributed by atoms with van der Waals surface area (Å²) in [7, 11) is 1.85. The van der Waals surface area contributed by atoms with Crippen LogP contribution in [0.4, 0.5) is 0 Å². The summed E-state index contributed by atoms with van der Waals surface area (Å²) in [6.07, 6.45) is 6.35. The fourth-order valence-electron chi connectivity index (χ4n) is 12.6. The van der Waals surface area contributed by atoms with Crippen LogP contribution in [0.2, 0.25) is 0 Å². The number of fused-ring (bicyclic) bond motifs is 4. The van der Waals surface area contributed by atoms with Crippen LogP contribution in [0, 0.1) is 30.1 Å². The van der Waals surface area contributed by atoms with Crippen molar-refractivity contribution in [3.8, 4) is 22.9 Å². The Morgan fingerprint density at radius 2 is 1.79 bits per heavy atom. The monoisotopic (exact) mass is 976 g/mol. The molecule has 378 valence electrons. The minimum atomic E-state index is -2.44. The van der Waals surface area contributed by atoms with Gasteiger partial charge in [-0.05, 0) is 98.8 Å². The number of aromatic nitrogens is 2. The number of phenolic OH excluding ortho intramolecular Hbond substituents is 2. The topological polar surface area (TPSA) is 261 Å². The summed E-state index contributed by atoms with van der Waals surface area (Å²) in [5.74, 6) is 0.116. The number of carbonyl (C=O) groups excluding carboxylic acids is 1. The van der Waals surface area contributed by atoms with Gasteiger partial charge in [0.2, 0.25) is 5.91 Å². The SMILES string of the molecule is CCc1c2cc[nH]c2cn1-c1c2c(cc3c(=O)cc(C)oc13)CC(OOCC(O)(Cc1ccc(O)c3ccc(O)cc13)C(O)C(O)C(O)CO)C1(CC(C3CNC(=O)C34CCCCC4)C=CC1CNC)O2. The number of nitrogens with one attached hydrogen (secondary N) is 3. The average Bonchev–Trinajstić information content (AvgIpc) is 4.05. The summed E-state index contributed by atoms with van der Waals surface area (Å²) in [6, 6.07) is 12.4. The number of aliphatic hydroxyl groups excluding tert-OH is 4. The van der Waals surface area contributed by atoms with Crippen LogP contribution in [0.15, 0.2) is 82.3 Å². The van der Waals surface area contributed by atoms with Gasteiger partial charge < -0.3 is 65.1 Å². The van der Waals surface area contributed by atoms with E-state index in [0.29, 0.717) is 76.0 Å². The van der Waals surface area contributed by atoms with Gasteiger partial charge in [-0.2, -0.15) is 0 Å². The smallest absolute Gasteiger partial charge is 0.226 e. The number of benzene rings is 3. The summed E-state index contributed by atoms with van der Waals surface area (Å²) in [6.45, 7) is 2.98. The molecular formula is C54H64N4O13. The van der Waals surface area contributed by atoms with E-state index in [1.165, 1.54) is 36.4 Å². The van der Waals surface area contributed by atoms with Crippen molar-refractivity contribution >= 4 is 38.6 Å². The molecule has 4 aliphatic rings. The molecule has 5 heterocycles. The third-order valence-corrected chi connectivity index (χ3v) is 16.2. The van der Waals surface area contributed by atoms with Crippen LogP contribution >= 0.6 is 0 Å². The second kappa shape index (κ2) is 19.0. The van der Waals surface area contributed by atoms with Crippen LogP contribution in [-0.2, 0) is 33.8 Å². The number of rotatable bonds is 15. The van der Waals surface area contributed by atoms with Gasteiger partial charge in [0.1, 0.15) is 65.2 Å². The zero-order valence-electron chi connectivity index (χ0n) is 40.2. The van der Waals surface area contributed by atoms with Crippen LogP contribution in [-0.4, -0.2) is 120 Å². The Labute approximate surface area is 409 Å². The van der Waals surface area contributed by atoms with Crippen molar-refractivity contribution in [1.29, 1.82) is 0 Å². The quantitative estimate of drug-likeness (QED) is 0.0382. The first kappa shape index (κ1) is 48.8. The van der Waals surface area contributed by atoms with Gasteiger partial charge in [-0.1, -0.05) is 44.4 Å². The first-order valence-electron chi connectivity index (χ1n) is 24.8. The van der Waals surface area contributed by atoms with Gasteiger partial charge in [0.05, 0.1) is 22.9 Å². The molecule has 6 aromatic rings. The first-order chi connectivity index (χ1) is 34.1. The fourth-order valence-corrected chi connectivity index (χ4v) is 12.6. The molecular weight excluding hydrogens is 913 g/mol. The molecule has 3 aromatic carbocycles. The van der Waals surface area contributed by atoms with Crippen molar-refractivity contribution in [3.05, 3.63) is 106 Å². The van der Waals surface area contributed by atoms with Crippen LogP contribution in [0.5, 0.6) is 17.2 Å². The van der Waals surface area contributed by atoms with E-state index >= 15 is 0 Å². The lowest BCUT2D eigenvalue weighted by atomic mass is 9.59. The van der Waals surface area contributed by atoms with Gasteiger partial charge >= 0.3 is 0 Å². The Kier molecular flexibility index (Phi) is 13.1. The molecule has 2 spiro atoms. The molecule has 17 nitrogen and oxygen atoms in total. The van der Waals surface area contributed by atoms with E-state index in [2.05, 4.69) is 34.7 Å². The number of aromatic hydroxyl groups is 2. The standard InChI is InChI=1S/C54H64N4O13/c1-4-41-36-14-17-56-40(36)26-58(41)46-48-32(19-38-43(62)18-29(2)69-49(38)46)20-45(54(70-48)23-31(8-10-33(54)24-55-3)39-25-57-51(66)52(39)15-6-5-7-16-52)71-68-28-53(67,50(65)47(64)44(63)27-59)22-30-9-13-42(61)35-12-11-34(60)21-37(30)35/h8-14,17-19,21,26,31,33,39,44-45,47,50,55-56,59-61,63-65,67H,4-7,15-16,20,22-25,27-28H2,1-3H3,(H,57,66). The number of aromatic amines is 1. The molecule has 17 heteroatoms. The second-order valence-corrected chi connectivity index (χ2v) is 20.4. The predicted octanol–water partition coefficient (Wildman–Crippen LogP) is 4.65. The Balaban J connectivity index is 1.11. The maximum atomic E-state index is 14.0. The zero-order valence-corrected chi connectivity index (χ0v) is 40.2. The average molecular weight is 977 g/mol. The number of hydrogen-bond donors (Lipinski definition) is 10. The number of aliphatic hydroxyl groups is 5. The second-order valence-electron chi connectivity index (χ2n) is 20.4. The van der Waals surface area contributed by atoms with E-state index in [4.69, 9.17) is 18.9 Å². The highest BCUT2D eigenvalue weighted by atomic mass is 17.2. The number of carbonyl (C=O) groups is 1. The molecule has 1 saturated carbocycles. The molecule has 0 bridgehead atoms. The number of allylic oxidation sites excluding steroid dienone is 1.